The smallest absolute Gasteiger partial charge is 0.344 e. The van der Waals surface area contributed by atoms with E-state index in [0.29, 0.717) is 5.92 Å². The van der Waals surface area contributed by atoms with Crippen molar-refractivity contribution in [1.82, 2.24) is 5.32 Å². The molecule has 6 heteroatoms. The summed E-state index contributed by atoms with van der Waals surface area (Å²) in [5.41, 5.74) is 0. The number of para-hydroxylation sites is 1. The van der Waals surface area contributed by atoms with E-state index < -0.39 is 18.4 Å². The van der Waals surface area contributed by atoms with Crippen molar-refractivity contribution in [3.8, 4) is 5.75 Å². The third kappa shape index (κ3) is 5.06. The van der Waals surface area contributed by atoms with E-state index in [4.69, 9.17) is 9.47 Å². The molecule has 0 aliphatic heterocycles. The maximum atomic E-state index is 13.2. The van der Waals surface area contributed by atoms with E-state index in [0.717, 1.165) is 12.8 Å². The fraction of sp³-hybridized carbons (Fsp3) is 0.467. The van der Waals surface area contributed by atoms with Crippen LogP contribution in [0.1, 0.15) is 19.8 Å². The highest BCUT2D eigenvalue weighted by molar-refractivity contribution is 5.81. The third-order valence-corrected chi connectivity index (χ3v) is 3.26. The van der Waals surface area contributed by atoms with Gasteiger partial charge in [-0.25, -0.2) is 9.18 Å². The molecule has 0 aromatic heterocycles. The van der Waals surface area contributed by atoms with Gasteiger partial charge in [-0.05, 0) is 37.8 Å². The minimum Gasteiger partial charge on any atom is -0.479 e. The van der Waals surface area contributed by atoms with Crippen LogP contribution < -0.4 is 10.1 Å². The number of halogens is 1. The molecular weight excluding hydrogens is 277 g/mol. The van der Waals surface area contributed by atoms with E-state index in [1.807, 2.05) is 6.92 Å². The summed E-state index contributed by atoms with van der Waals surface area (Å²) in [5.74, 6) is -1.10. The van der Waals surface area contributed by atoms with Crippen LogP contribution in [-0.2, 0) is 14.3 Å². The summed E-state index contributed by atoms with van der Waals surface area (Å²) >= 11 is 0. The lowest BCUT2D eigenvalue weighted by Crippen LogP contribution is -2.37. The van der Waals surface area contributed by atoms with Crippen molar-refractivity contribution in [3.05, 3.63) is 30.1 Å². The molecule has 1 aliphatic rings. The molecule has 5 nitrogen and oxygen atoms in total. The van der Waals surface area contributed by atoms with Gasteiger partial charge in [-0.2, -0.15) is 0 Å². The van der Waals surface area contributed by atoms with Gasteiger partial charge in [0.15, 0.2) is 24.8 Å². The minimum atomic E-state index is -0.715. The lowest BCUT2D eigenvalue weighted by Gasteiger charge is -2.13. The van der Waals surface area contributed by atoms with Crippen molar-refractivity contribution in [3.63, 3.8) is 0 Å². The van der Waals surface area contributed by atoms with E-state index in [1.165, 1.54) is 18.2 Å². The number of carbonyl (C=O) groups excluding carboxylic acids is 2. The van der Waals surface area contributed by atoms with Gasteiger partial charge in [0.05, 0.1) is 0 Å². The molecule has 0 heterocycles. The quantitative estimate of drug-likeness (QED) is 0.777. The summed E-state index contributed by atoms with van der Waals surface area (Å²) in [6.45, 7) is 1.14. The number of benzene rings is 1. The summed E-state index contributed by atoms with van der Waals surface area (Å²) in [4.78, 5) is 22.9. The summed E-state index contributed by atoms with van der Waals surface area (Å²) in [6.07, 6.45) is 2.25. The Kier molecular flexibility index (Phi) is 5.14. The molecule has 0 spiro atoms. The van der Waals surface area contributed by atoms with Crippen LogP contribution in [-0.4, -0.2) is 31.1 Å². The Hall–Kier alpha value is -2.11. The van der Waals surface area contributed by atoms with Crippen LogP contribution in [0.2, 0.25) is 0 Å². The molecule has 114 valence electrons. The number of hydrogen-bond acceptors (Lipinski definition) is 4. The number of rotatable bonds is 7. The summed E-state index contributed by atoms with van der Waals surface area (Å²) in [7, 11) is 0. The highest BCUT2D eigenvalue weighted by Crippen LogP contribution is 2.32. The normalized spacial score (nSPS) is 15.1. The molecule has 0 saturated heterocycles. The highest BCUT2D eigenvalue weighted by Gasteiger charge is 2.28. The first-order valence-corrected chi connectivity index (χ1v) is 6.88. The van der Waals surface area contributed by atoms with Gasteiger partial charge in [0.1, 0.15) is 0 Å². The average Bonchev–Trinajstić information content (AvgIpc) is 3.29. The monoisotopic (exact) mass is 295 g/mol. The van der Waals surface area contributed by atoms with Crippen LogP contribution in [0.5, 0.6) is 5.75 Å². The molecule has 0 radical (unpaired) electrons. The molecule has 1 saturated carbocycles. The van der Waals surface area contributed by atoms with Crippen molar-refractivity contribution in [1.29, 1.82) is 0 Å². The first-order valence-electron chi connectivity index (χ1n) is 6.88. The summed E-state index contributed by atoms with van der Waals surface area (Å²) < 4.78 is 23.0. The standard InChI is InChI=1S/C15H18FNO4/c1-10(11-6-7-11)17-14(18)8-21-15(19)9-20-13-5-3-2-4-12(13)16/h2-5,10-11H,6-9H2,1H3,(H,17,18)/t10-/m1/s1. The van der Waals surface area contributed by atoms with Gasteiger partial charge in [0.2, 0.25) is 0 Å². The second-order valence-electron chi connectivity index (χ2n) is 5.07. The SMILES string of the molecule is C[C@@H](NC(=O)COC(=O)COc1ccccc1F)C1CC1. The minimum absolute atomic E-state index is 0.0266. The fourth-order valence-corrected chi connectivity index (χ4v) is 1.90. The lowest BCUT2D eigenvalue weighted by molar-refractivity contribution is -0.150. The summed E-state index contributed by atoms with van der Waals surface area (Å²) in [6, 6.07) is 5.86. The highest BCUT2D eigenvalue weighted by atomic mass is 19.1. The molecule has 1 atom stereocenters. The van der Waals surface area contributed by atoms with Gasteiger partial charge in [0, 0.05) is 6.04 Å². The molecule has 1 aromatic rings. The molecule has 1 N–H and O–H groups in total. The number of ether oxygens (including phenoxy) is 2. The molecule has 1 aliphatic carbocycles. The predicted octanol–water partition coefficient (Wildman–Crippen LogP) is 1.66. The molecule has 0 unspecified atom stereocenters. The van der Waals surface area contributed by atoms with Crippen LogP contribution in [0.4, 0.5) is 4.39 Å². The van der Waals surface area contributed by atoms with Crippen LogP contribution >= 0.6 is 0 Å². The van der Waals surface area contributed by atoms with E-state index >= 15 is 0 Å². The first kappa shape index (κ1) is 15.3. The van der Waals surface area contributed by atoms with Crippen LogP contribution in [0.25, 0.3) is 0 Å². The van der Waals surface area contributed by atoms with Gasteiger partial charge < -0.3 is 14.8 Å². The zero-order valence-electron chi connectivity index (χ0n) is 11.8. The van der Waals surface area contributed by atoms with Crippen molar-refractivity contribution in [2.24, 2.45) is 5.92 Å². The van der Waals surface area contributed by atoms with Crippen molar-refractivity contribution >= 4 is 11.9 Å². The Labute approximate surface area is 122 Å². The zero-order valence-corrected chi connectivity index (χ0v) is 11.8. The maximum Gasteiger partial charge on any atom is 0.344 e. The zero-order chi connectivity index (χ0) is 15.2. The van der Waals surface area contributed by atoms with Gasteiger partial charge >= 0.3 is 5.97 Å². The lowest BCUT2D eigenvalue weighted by atomic mass is 10.2. The number of carbonyl (C=O) groups is 2. The fourth-order valence-electron chi connectivity index (χ4n) is 1.90. The average molecular weight is 295 g/mol. The number of nitrogens with one attached hydrogen (secondary N) is 1. The van der Waals surface area contributed by atoms with Gasteiger partial charge in [-0.1, -0.05) is 12.1 Å². The van der Waals surface area contributed by atoms with Crippen LogP contribution in [0.3, 0.4) is 0 Å². The second kappa shape index (κ2) is 7.06. The third-order valence-electron chi connectivity index (χ3n) is 3.26. The Morgan fingerprint density at radius 3 is 2.71 bits per heavy atom. The Morgan fingerprint density at radius 1 is 1.33 bits per heavy atom. The van der Waals surface area contributed by atoms with Crippen LogP contribution in [0.15, 0.2) is 24.3 Å². The largest absolute Gasteiger partial charge is 0.479 e. The van der Waals surface area contributed by atoms with Gasteiger partial charge in [0.25, 0.3) is 5.91 Å². The number of esters is 1. The summed E-state index contributed by atoms with van der Waals surface area (Å²) in [5, 5.41) is 2.76. The number of hydrogen-bond donors (Lipinski definition) is 1. The topological polar surface area (TPSA) is 64.6 Å². The molecule has 1 aromatic carbocycles. The Morgan fingerprint density at radius 2 is 2.05 bits per heavy atom. The number of amides is 1. The predicted molar refractivity (Wildman–Crippen MR) is 73.2 cm³/mol. The van der Waals surface area contributed by atoms with E-state index in [-0.39, 0.29) is 24.3 Å². The van der Waals surface area contributed by atoms with Crippen molar-refractivity contribution in [2.75, 3.05) is 13.2 Å². The molecule has 2 rings (SSSR count). The van der Waals surface area contributed by atoms with Crippen molar-refractivity contribution < 1.29 is 23.5 Å². The molecule has 21 heavy (non-hydrogen) atoms. The van der Waals surface area contributed by atoms with E-state index in [2.05, 4.69) is 5.32 Å². The van der Waals surface area contributed by atoms with E-state index in [9.17, 15) is 14.0 Å². The molecule has 1 amide bonds. The molecular formula is C15H18FNO4. The second-order valence-corrected chi connectivity index (χ2v) is 5.07. The maximum absolute atomic E-state index is 13.2. The molecule has 0 bridgehead atoms. The Bertz CT molecular complexity index is 516. The van der Waals surface area contributed by atoms with Crippen molar-refractivity contribution in [2.45, 2.75) is 25.8 Å². The van der Waals surface area contributed by atoms with E-state index in [1.54, 1.807) is 6.07 Å². The van der Waals surface area contributed by atoms with Gasteiger partial charge in [-0.3, -0.25) is 4.79 Å². The molecule has 1 fully saturated rings. The Balaban J connectivity index is 1.65. The van der Waals surface area contributed by atoms with Gasteiger partial charge in [-0.15, -0.1) is 0 Å². The van der Waals surface area contributed by atoms with Crippen LogP contribution in [0, 0.1) is 11.7 Å². The first-order chi connectivity index (χ1) is 10.1.